The van der Waals surface area contributed by atoms with E-state index < -0.39 is 5.97 Å². The first-order chi connectivity index (χ1) is 6.31. The molecule has 0 atom stereocenters. The van der Waals surface area contributed by atoms with Crippen molar-refractivity contribution in [1.82, 2.24) is 4.98 Å². The molecule has 1 aliphatic carbocycles. The molecule has 0 aromatic carbocycles. The molecule has 1 saturated carbocycles. The van der Waals surface area contributed by atoms with Gasteiger partial charge in [0.2, 0.25) is 0 Å². The first kappa shape index (κ1) is 8.29. The minimum Gasteiger partial charge on any atom is -0.459 e. The van der Waals surface area contributed by atoms with Gasteiger partial charge in [0.1, 0.15) is 5.76 Å². The minimum absolute atomic E-state index is 0.0729. The van der Waals surface area contributed by atoms with E-state index >= 15 is 0 Å². The van der Waals surface area contributed by atoms with Crippen LogP contribution in [-0.4, -0.2) is 17.6 Å². The Kier molecular flexibility index (Phi) is 2.04. The van der Waals surface area contributed by atoms with Gasteiger partial charge < -0.3 is 9.15 Å². The molecular formula is C9H11NO3. The molecule has 1 aromatic rings. The molecule has 0 aliphatic heterocycles. The summed E-state index contributed by atoms with van der Waals surface area (Å²) in [5.74, 6) is 0.886. The maximum absolute atomic E-state index is 11.1. The summed E-state index contributed by atoms with van der Waals surface area (Å²) in [6, 6.07) is 0. The Hall–Kier alpha value is -1.32. The second-order valence-corrected chi connectivity index (χ2v) is 3.06. The van der Waals surface area contributed by atoms with Crippen molar-refractivity contribution in [3.63, 3.8) is 0 Å². The van der Waals surface area contributed by atoms with E-state index in [4.69, 9.17) is 9.15 Å². The number of esters is 1. The van der Waals surface area contributed by atoms with Crippen molar-refractivity contribution in [1.29, 1.82) is 0 Å². The average Bonchev–Trinajstić information content (AvgIpc) is 2.84. The molecule has 0 spiro atoms. The molecule has 4 nitrogen and oxygen atoms in total. The predicted octanol–water partition coefficient (Wildman–Crippen LogP) is 1.73. The Morgan fingerprint density at radius 2 is 2.54 bits per heavy atom. The number of hydrogen-bond donors (Lipinski definition) is 0. The van der Waals surface area contributed by atoms with Crippen molar-refractivity contribution in [2.24, 2.45) is 0 Å². The van der Waals surface area contributed by atoms with E-state index in [9.17, 15) is 4.79 Å². The number of carbonyl (C=O) groups is 1. The highest BCUT2D eigenvalue weighted by Gasteiger charge is 2.28. The van der Waals surface area contributed by atoms with Gasteiger partial charge in [-0.05, 0) is 19.8 Å². The van der Waals surface area contributed by atoms with Gasteiger partial charge in [-0.25, -0.2) is 9.78 Å². The van der Waals surface area contributed by atoms with Crippen LogP contribution < -0.4 is 0 Å². The van der Waals surface area contributed by atoms with E-state index in [2.05, 4.69) is 4.98 Å². The lowest BCUT2D eigenvalue weighted by Crippen LogP contribution is -2.04. The van der Waals surface area contributed by atoms with Crippen LogP contribution in [-0.2, 0) is 4.74 Å². The lowest BCUT2D eigenvalue weighted by molar-refractivity contribution is 0.0479. The van der Waals surface area contributed by atoms with Crippen LogP contribution in [0.3, 0.4) is 0 Å². The zero-order valence-corrected chi connectivity index (χ0v) is 7.45. The Labute approximate surface area is 75.9 Å². The van der Waals surface area contributed by atoms with Crippen molar-refractivity contribution in [2.75, 3.05) is 6.61 Å². The SMILES string of the molecule is CCOC(=O)c1ncc(C2CC2)o1. The topological polar surface area (TPSA) is 52.3 Å². The number of oxazole rings is 1. The fraction of sp³-hybridized carbons (Fsp3) is 0.556. The van der Waals surface area contributed by atoms with Crippen LogP contribution in [0.4, 0.5) is 0 Å². The summed E-state index contributed by atoms with van der Waals surface area (Å²) in [5, 5.41) is 0. The van der Waals surface area contributed by atoms with Gasteiger partial charge in [0.05, 0.1) is 12.8 Å². The van der Waals surface area contributed by atoms with Crippen LogP contribution in [0.15, 0.2) is 10.6 Å². The molecule has 1 fully saturated rings. The van der Waals surface area contributed by atoms with E-state index in [1.165, 1.54) is 0 Å². The van der Waals surface area contributed by atoms with Crippen molar-refractivity contribution in [3.05, 3.63) is 17.8 Å². The summed E-state index contributed by atoms with van der Waals surface area (Å²) in [5.41, 5.74) is 0. The van der Waals surface area contributed by atoms with Gasteiger partial charge in [-0.2, -0.15) is 0 Å². The molecule has 0 saturated heterocycles. The number of aromatic nitrogens is 1. The first-order valence-electron chi connectivity index (χ1n) is 4.44. The van der Waals surface area contributed by atoms with Gasteiger partial charge in [-0.1, -0.05) is 0 Å². The number of hydrogen-bond acceptors (Lipinski definition) is 4. The number of ether oxygens (including phenoxy) is 1. The van der Waals surface area contributed by atoms with Crippen LogP contribution in [0, 0.1) is 0 Å². The smallest absolute Gasteiger partial charge is 0.394 e. The molecule has 4 heteroatoms. The molecule has 0 radical (unpaired) electrons. The molecule has 2 rings (SSSR count). The molecule has 0 amide bonds. The molecule has 13 heavy (non-hydrogen) atoms. The third kappa shape index (κ3) is 1.71. The van der Waals surface area contributed by atoms with E-state index in [0.717, 1.165) is 18.6 Å². The van der Waals surface area contributed by atoms with E-state index in [0.29, 0.717) is 12.5 Å². The van der Waals surface area contributed by atoms with Crippen molar-refractivity contribution in [3.8, 4) is 0 Å². The predicted molar refractivity (Wildman–Crippen MR) is 44.4 cm³/mol. The molecule has 1 aromatic heterocycles. The molecule has 0 unspecified atom stereocenters. The van der Waals surface area contributed by atoms with E-state index in [1.54, 1.807) is 13.1 Å². The van der Waals surface area contributed by atoms with Crippen LogP contribution in [0.2, 0.25) is 0 Å². The monoisotopic (exact) mass is 181 g/mol. The second kappa shape index (κ2) is 3.20. The summed E-state index contributed by atoms with van der Waals surface area (Å²) in [6.45, 7) is 2.10. The largest absolute Gasteiger partial charge is 0.459 e. The zero-order chi connectivity index (χ0) is 9.26. The van der Waals surface area contributed by atoms with Crippen molar-refractivity contribution < 1.29 is 13.9 Å². The second-order valence-electron chi connectivity index (χ2n) is 3.06. The van der Waals surface area contributed by atoms with E-state index in [1.807, 2.05) is 0 Å². The highest BCUT2D eigenvalue weighted by atomic mass is 16.5. The molecule has 70 valence electrons. The molecule has 1 heterocycles. The van der Waals surface area contributed by atoms with Crippen LogP contribution in [0.1, 0.15) is 42.1 Å². The quantitative estimate of drug-likeness (QED) is 0.666. The lowest BCUT2D eigenvalue weighted by Gasteiger charge is -1.94. The minimum atomic E-state index is -0.477. The third-order valence-corrected chi connectivity index (χ3v) is 1.95. The zero-order valence-electron chi connectivity index (χ0n) is 7.45. The Morgan fingerprint density at radius 3 is 3.15 bits per heavy atom. The third-order valence-electron chi connectivity index (χ3n) is 1.95. The summed E-state index contributed by atoms with van der Waals surface area (Å²) in [7, 11) is 0. The summed E-state index contributed by atoms with van der Waals surface area (Å²) < 4.78 is 9.98. The first-order valence-corrected chi connectivity index (χ1v) is 4.44. The van der Waals surface area contributed by atoms with Gasteiger partial charge >= 0.3 is 11.9 Å². The Balaban J connectivity index is 2.07. The number of nitrogens with zero attached hydrogens (tertiary/aromatic N) is 1. The van der Waals surface area contributed by atoms with Crippen LogP contribution in [0.25, 0.3) is 0 Å². The summed E-state index contributed by atoms with van der Waals surface area (Å²) >= 11 is 0. The Morgan fingerprint density at radius 1 is 1.77 bits per heavy atom. The van der Waals surface area contributed by atoms with Gasteiger partial charge in [-0.15, -0.1) is 0 Å². The van der Waals surface area contributed by atoms with Gasteiger partial charge in [-0.3, -0.25) is 0 Å². The molecule has 0 bridgehead atoms. The highest BCUT2D eigenvalue weighted by molar-refractivity contribution is 5.84. The summed E-state index contributed by atoms with van der Waals surface area (Å²) in [6.07, 6.45) is 3.89. The fourth-order valence-corrected chi connectivity index (χ4v) is 1.13. The van der Waals surface area contributed by atoms with Gasteiger partial charge in [0.25, 0.3) is 0 Å². The Bertz CT molecular complexity index is 314. The molecule has 0 N–H and O–H groups in total. The van der Waals surface area contributed by atoms with Crippen molar-refractivity contribution in [2.45, 2.75) is 25.7 Å². The maximum Gasteiger partial charge on any atom is 0.394 e. The maximum atomic E-state index is 11.1. The van der Waals surface area contributed by atoms with Crippen LogP contribution in [0.5, 0.6) is 0 Å². The fourth-order valence-electron chi connectivity index (χ4n) is 1.13. The standard InChI is InChI=1S/C9H11NO3/c1-2-12-9(11)8-10-5-7(13-8)6-3-4-6/h5-6H,2-4H2,1H3. The lowest BCUT2D eigenvalue weighted by atomic mass is 10.3. The number of carbonyl (C=O) groups excluding carboxylic acids is 1. The average molecular weight is 181 g/mol. The van der Waals surface area contributed by atoms with Crippen molar-refractivity contribution >= 4 is 5.97 Å². The molecular weight excluding hydrogens is 170 g/mol. The van der Waals surface area contributed by atoms with Crippen LogP contribution >= 0.6 is 0 Å². The number of rotatable bonds is 3. The molecule has 1 aliphatic rings. The van der Waals surface area contributed by atoms with E-state index in [-0.39, 0.29) is 5.89 Å². The van der Waals surface area contributed by atoms with Gasteiger partial charge in [0, 0.05) is 5.92 Å². The van der Waals surface area contributed by atoms with Gasteiger partial charge in [0.15, 0.2) is 0 Å². The normalized spacial score (nSPS) is 15.8. The highest BCUT2D eigenvalue weighted by Crippen LogP contribution is 2.40. The summed E-state index contributed by atoms with van der Waals surface area (Å²) in [4.78, 5) is 15.0.